The maximum absolute atomic E-state index is 11.4. The first-order valence-electron chi connectivity index (χ1n) is 5.44. The van der Waals surface area contributed by atoms with Crippen molar-refractivity contribution in [1.29, 1.82) is 0 Å². The number of hydrogen-bond donors (Lipinski definition) is 3. The van der Waals surface area contributed by atoms with E-state index in [2.05, 4.69) is 10.6 Å². The number of urea groups is 1. The second kappa shape index (κ2) is 4.08. The van der Waals surface area contributed by atoms with E-state index in [4.69, 9.17) is 5.11 Å². The van der Waals surface area contributed by atoms with Crippen LogP contribution in [0.4, 0.5) is 4.79 Å². The van der Waals surface area contributed by atoms with Crippen LogP contribution in [0.15, 0.2) is 0 Å². The molecule has 2 fully saturated rings. The molecule has 15 heavy (non-hydrogen) atoms. The van der Waals surface area contributed by atoms with E-state index in [1.165, 1.54) is 0 Å². The SMILES string of the molecule is O=C(O)CC(NC(=O)NC1CC1)C1CC1. The lowest BCUT2D eigenvalue weighted by Gasteiger charge is -2.16. The fourth-order valence-corrected chi connectivity index (χ4v) is 1.65. The van der Waals surface area contributed by atoms with Crippen molar-refractivity contribution in [3.8, 4) is 0 Å². The van der Waals surface area contributed by atoms with Gasteiger partial charge in [-0.2, -0.15) is 0 Å². The Morgan fingerprint density at radius 1 is 1.27 bits per heavy atom. The highest BCUT2D eigenvalue weighted by Crippen LogP contribution is 2.34. The number of carbonyl (C=O) groups excluding carboxylic acids is 1. The van der Waals surface area contributed by atoms with Crippen molar-refractivity contribution in [3.05, 3.63) is 0 Å². The van der Waals surface area contributed by atoms with E-state index in [0.29, 0.717) is 12.0 Å². The Kier molecular flexibility index (Phi) is 2.79. The molecule has 0 bridgehead atoms. The third-order valence-electron chi connectivity index (χ3n) is 2.81. The smallest absolute Gasteiger partial charge is 0.315 e. The summed E-state index contributed by atoms with van der Waals surface area (Å²) >= 11 is 0. The van der Waals surface area contributed by atoms with Crippen LogP contribution in [0.25, 0.3) is 0 Å². The molecule has 0 aromatic carbocycles. The van der Waals surface area contributed by atoms with Gasteiger partial charge in [-0.25, -0.2) is 4.79 Å². The molecule has 1 unspecified atom stereocenters. The first-order valence-corrected chi connectivity index (χ1v) is 5.44. The van der Waals surface area contributed by atoms with Gasteiger partial charge < -0.3 is 15.7 Å². The van der Waals surface area contributed by atoms with Crippen molar-refractivity contribution in [2.45, 2.75) is 44.2 Å². The van der Waals surface area contributed by atoms with E-state index in [9.17, 15) is 9.59 Å². The summed E-state index contributed by atoms with van der Waals surface area (Å²) in [7, 11) is 0. The molecule has 3 N–H and O–H groups in total. The van der Waals surface area contributed by atoms with Crippen LogP contribution in [0.2, 0.25) is 0 Å². The molecule has 0 saturated heterocycles. The minimum Gasteiger partial charge on any atom is -0.481 e. The number of hydrogen-bond acceptors (Lipinski definition) is 2. The Bertz CT molecular complexity index is 272. The molecule has 5 heteroatoms. The Balaban J connectivity index is 1.76. The average molecular weight is 212 g/mol. The Morgan fingerprint density at radius 3 is 2.40 bits per heavy atom. The number of rotatable bonds is 5. The van der Waals surface area contributed by atoms with Crippen molar-refractivity contribution < 1.29 is 14.7 Å². The Labute approximate surface area is 88.2 Å². The molecular formula is C10H16N2O3. The molecular weight excluding hydrogens is 196 g/mol. The minimum absolute atomic E-state index is 0.0305. The molecule has 0 heterocycles. The zero-order valence-corrected chi connectivity index (χ0v) is 8.53. The molecule has 2 aliphatic rings. The molecule has 0 spiro atoms. The third kappa shape index (κ3) is 3.42. The molecule has 2 rings (SSSR count). The van der Waals surface area contributed by atoms with E-state index in [-0.39, 0.29) is 18.5 Å². The van der Waals surface area contributed by atoms with Crippen molar-refractivity contribution in [3.63, 3.8) is 0 Å². The van der Waals surface area contributed by atoms with Crippen LogP contribution in [-0.4, -0.2) is 29.2 Å². The van der Waals surface area contributed by atoms with Gasteiger partial charge in [-0.05, 0) is 31.6 Å². The first kappa shape index (κ1) is 10.3. The lowest BCUT2D eigenvalue weighted by molar-refractivity contribution is -0.137. The number of aliphatic carboxylic acids is 1. The predicted molar refractivity (Wildman–Crippen MR) is 53.5 cm³/mol. The Hall–Kier alpha value is -1.26. The topological polar surface area (TPSA) is 78.4 Å². The molecule has 0 radical (unpaired) electrons. The van der Waals surface area contributed by atoms with E-state index in [1.54, 1.807) is 0 Å². The lowest BCUT2D eigenvalue weighted by Crippen LogP contribution is -2.44. The fourth-order valence-electron chi connectivity index (χ4n) is 1.65. The van der Waals surface area contributed by atoms with Gasteiger partial charge in [0, 0.05) is 12.1 Å². The van der Waals surface area contributed by atoms with Crippen LogP contribution in [0.3, 0.4) is 0 Å². The summed E-state index contributed by atoms with van der Waals surface area (Å²) in [6, 6.07) is -0.0911. The molecule has 0 aromatic heterocycles. The second-order valence-electron chi connectivity index (χ2n) is 4.43. The standard InChI is InChI=1S/C10H16N2O3/c13-9(14)5-8(6-1-2-6)12-10(15)11-7-3-4-7/h6-8H,1-5H2,(H,13,14)(H2,11,12,15). The van der Waals surface area contributed by atoms with E-state index < -0.39 is 5.97 Å². The van der Waals surface area contributed by atoms with Gasteiger partial charge in [0.2, 0.25) is 0 Å². The van der Waals surface area contributed by atoms with Gasteiger partial charge in [0.05, 0.1) is 6.42 Å². The number of carboxylic acids is 1. The van der Waals surface area contributed by atoms with Gasteiger partial charge in [-0.1, -0.05) is 0 Å². The van der Waals surface area contributed by atoms with Gasteiger partial charge >= 0.3 is 12.0 Å². The van der Waals surface area contributed by atoms with Crippen LogP contribution in [-0.2, 0) is 4.79 Å². The van der Waals surface area contributed by atoms with Gasteiger partial charge in [0.15, 0.2) is 0 Å². The zero-order valence-electron chi connectivity index (χ0n) is 8.53. The number of nitrogens with one attached hydrogen (secondary N) is 2. The maximum atomic E-state index is 11.4. The summed E-state index contributed by atoms with van der Waals surface area (Å²) in [6.07, 6.45) is 4.17. The number of carboxylic acid groups (broad SMARTS) is 1. The summed E-state index contributed by atoms with van der Waals surface area (Å²) in [4.78, 5) is 22.0. The van der Waals surface area contributed by atoms with Gasteiger partial charge in [0.1, 0.15) is 0 Å². The predicted octanol–water partition coefficient (Wildman–Crippen LogP) is 0.701. The normalized spacial score (nSPS) is 21.9. The largest absolute Gasteiger partial charge is 0.481 e. The second-order valence-corrected chi connectivity index (χ2v) is 4.43. The zero-order chi connectivity index (χ0) is 10.8. The lowest BCUT2D eigenvalue weighted by atomic mass is 10.1. The molecule has 1 atom stereocenters. The molecule has 2 aliphatic carbocycles. The van der Waals surface area contributed by atoms with E-state index in [0.717, 1.165) is 25.7 Å². The molecule has 2 amide bonds. The summed E-state index contributed by atoms with van der Waals surface area (Å²) in [5.41, 5.74) is 0. The molecule has 2 saturated carbocycles. The Morgan fingerprint density at radius 2 is 1.93 bits per heavy atom. The first-order chi connectivity index (χ1) is 7.15. The highest BCUT2D eigenvalue weighted by atomic mass is 16.4. The van der Waals surface area contributed by atoms with Gasteiger partial charge in [0.25, 0.3) is 0 Å². The van der Waals surface area contributed by atoms with E-state index in [1.807, 2.05) is 0 Å². The monoisotopic (exact) mass is 212 g/mol. The summed E-state index contributed by atoms with van der Waals surface area (Å²) in [5.74, 6) is -0.482. The van der Waals surface area contributed by atoms with E-state index >= 15 is 0 Å². The third-order valence-corrected chi connectivity index (χ3v) is 2.81. The van der Waals surface area contributed by atoms with Gasteiger partial charge in [-0.15, -0.1) is 0 Å². The molecule has 5 nitrogen and oxygen atoms in total. The highest BCUT2D eigenvalue weighted by molar-refractivity contribution is 5.76. The molecule has 0 aromatic rings. The molecule has 84 valence electrons. The van der Waals surface area contributed by atoms with Gasteiger partial charge in [-0.3, -0.25) is 4.79 Å². The van der Waals surface area contributed by atoms with Crippen molar-refractivity contribution in [2.24, 2.45) is 5.92 Å². The minimum atomic E-state index is -0.848. The van der Waals surface area contributed by atoms with Crippen LogP contribution in [0.1, 0.15) is 32.1 Å². The van der Waals surface area contributed by atoms with Crippen molar-refractivity contribution in [1.82, 2.24) is 10.6 Å². The van der Waals surface area contributed by atoms with Crippen LogP contribution >= 0.6 is 0 Å². The quantitative estimate of drug-likeness (QED) is 0.627. The van der Waals surface area contributed by atoms with Crippen LogP contribution < -0.4 is 10.6 Å². The average Bonchev–Trinajstić information content (AvgIpc) is 2.98. The van der Waals surface area contributed by atoms with Crippen LogP contribution in [0, 0.1) is 5.92 Å². The maximum Gasteiger partial charge on any atom is 0.315 e. The van der Waals surface area contributed by atoms with Crippen molar-refractivity contribution in [2.75, 3.05) is 0 Å². The number of amides is 2. The summed E-state index contributed by atoms with van der Waals surface area (Å²) in [5, 5.41) is 14.2. The molecule has 0 aliphatic heterocycles. The summed E-state index contributed by atoms with van der Waals surface area (Å²) < 4.78 is 0. The summed E-state index contributed by atoms with van der Waals surface area (Å²) in [6.45, 7) is 0. The van der Waals surface area contributed by atoms with Crippen LogP contribution in [0.5, 0.6) is 0 Å². The highest BCUT2D eigenvalue weighted by Gasteiger charge is 2.34. The fraction of sp³-hybridized carbons (Fsp3) is 0.800. The van der Waals surface area contributed by atoms with Crippen molar-refractivity contribution >= 4 is 12.0 Å². The number of carbonyl (C=O) groups is 2.